The number of halogens is 1. The fourth-order valence-electron chi connectivity index (χ4n) is 2.97. The van der Waals surface area contributed by atoms with Gasteiger partial charge in [0.25, 0.3) is 0 Å². The summed E-state index contributed by atoms with van der Waals surface area (Å²) < 4.78 is 4.59. The number of hydrogen-bond donors (Lipinski definition) is 0. The van der Waals surface area contributed by atoms with E-state index in [0.29, 0.717) is 5.82 Å². The Balaban J connectivity index is 1.50. The highest BCUT2D eigenvalue weighted by Gasteiger charge is 2.10. The van der Waals surface area contributed by atoms with Crippen LogP contribution in [0.5, 0.6) is 0 Å². The van der Waals surface area contributed by atoms with Gasteiger partial charge in [0, 0.05) is 17.1 Å². The van der Waals surface area contributed by atoms with Gasteiger partial charge in [-0.3, -0.25) is 4.68 Å². The lowest BCUT2D eigenvalue weighted by molar-refractivity contribution is 0.686. The first-order valence-corrected chi connectivity index (χ1v) is 8.93. The van der Waals surface area contributed by atoms with Crippen LogP contribution in [0.15, 0.2) is 71.7 Å². The van der Waals surface area contributed by atoms with E-state index in [1.165, 1.54) is 5.56 Å². The van der Waals surface area contributed by atoms with E-state index < -0.39 is 0 Å². The van der Waals surface area contributed by atoms with Crippen molar-refractivity contribution in [3.05, 3.63) is 77.3 Å². The SMILES string of the molecule is Brc1cnn(Cc2ccc(-c3nc4c5ccccc5ncn4n3)cc2)c1. The molecule has 0 aliphatic rings. The Hall–Kier alpha value is -3.06. The Morgan fingerprint density at radius 1 is 1.00 bits per heavy atom. The average Bonchev–Trinajstić information content (AvgIpc) is 3.28. The van der Waals surface area contributed by atoms with Crippen LogP contribution in [0.4, 0.5) is 0 Å². The third kappa shape index (κ3) is 2.66. The Morgan fingerprint density at radius 2 is 1.85 bits per heavy atom. The van der Waals surface area contributed by atoms with Gasteiger partial charge in [-0.2, -0.15) is 5.10 Å². The molecule has 2 aromatic carbocycles. The molecule has 0 fully saturated rings. The molecule has 0 atom stereocenters. The summed E-state index contributed by atoms with van der Waals surface area (Å²) in [5, 5.41) is 9.85. The molecular formula is C19H13BrN6. The maximum atomic E-state index is 4.72. The molecule has 0 amide bonds. The van der Waals surface area contributed by atoms with Crippen molar-refractivity contribution in [3.63, 3.8) is 0 Å². The second-order valence-corrected chi connectivity index (χ2v) is 6.93. The molecule has 0 saturated carbocycles. The van der Waals surface area contributed by atoms with Gasteiger partial charge in [0.05, 0.1) is 22.7 Å². The molecule has 0 saturated heterocycles. The molecule has 5 aromatic rings. The first-order valence-electron chi connectivity index (χ1n) is 8.14. The molecule has 6 nitrogen and oxygen atoms in total. The zero-order valence-corrected chi connectivity index (χ0v) is 15.2. The van der Waals surface area contributed by atoms with Crippen molar-refractivity contribution in [1.29, 1.82) is 0 Å². The lowest BCUT2D eigenvalue weighted by Crippen LogP contribution is -1.99. The van der Waals surface area contributed by atoms with Gasteiger partial charge >= 0.3 is 0 Å². The summed E-state index contributed by atoms with van der Waals surface area (Å²) >= 11 is 3.41. The van der Waals surface area contributed by atoms with Crippen LogP contribution in [0, 0.1) is 0 Å². The first-order chi connectivity index (χ1) is 12.8. The predicted molar refractivity (Wildman–Crippen MR) is 103 cm³/mol. The topological polar surface area (TPSA) is 60.9 Å². The van der Waals surface area contributed by atoms with Crippen LogP contribution in [0.2, 0.25) is 0 Å². The number of benzene rings is 2. The third-order valence-electron chi connectivity index (χ3n) is 4.24. The van der Waals surface area contributed by atoms with Gasteiger partial charge in [0.15, 0.2) is 11.5 Å². The van der Waals surface area contributed by atoms with Crippen molar-refractivity contribution in [2.24, 2.45) is 0 Å². The summed E-state index contributed by atoms with van der Waals surface area (Å²) in [6.07, 6.45) is 5.45. The van der Waals surface area contributed by atoms with Crippen LogP contribution in [0.3, 0.4) is 0 Å². The maximum Gasteiger partial charge on any atom is 0.182 e. The van der Waals surface area contributed by atoms with E-state index >= 15 is 0 Å². The molecule has 7 heteroatoms. The van der Waals surface area contributed by atoms with Gasteiger partial charge in [-0.1, -0.05) is 36.4 Å². The zero-order chi connectivity index (χ0) is 17.5. The molecule has 3 heterocycles. The van der Waals surface area contributed by atoms with Gasteiger partial charge in [-0.25, -0.2) is 14.5 Å². The Labute approximate surface area is 157 Å². The van der Waals surface area contributed by atoms with E-state index in [1.54, 1.807) is 17.0 Å². The number of para-hydroxylation sites is 1. The molecule has 0 aliphatic carbocycles. The van der Waals surface area contributed by atoms with Gasteiger partial charge < -0.3 is 0 Å². The van der Waals surface area contributed by atoms with E-state index in [1.807, 2.05) is 47.3 Å². The molecule has 3 aromatic heterocycles. The van der Waals surface area contributed by atoms with E-state index in [2.05, 4.69) is 43.2 Å². The van der Waals surface area contributed by atoms with Crippen molar-refractivity contribution in [2.75, 3.05) is 0 Å². The van der Waals surface area contributed by atoms with Crippen LogP contribution in [0.1, 0.15) is 5.56 Å². The van der Waals surface area contributed by atoms with Crippen molar-refractivity contribution >= 4 is 32.5 Å². The lowest BCUT2D eigenvalue weighted by Gasteiger charge is -2.02. The molecule has 126 valence electrons. The molecule has 0 N–H and O–H groups in total. The predicted octanol–water partition coefficient (Wildman–Crippen LogP) is 3.95. The van der Waals surface area contributed by atoms with Gasteiger partial charge in [0.2, 0.25) is 0 Å². The molecular weight excluding hydrogens is 392 g/mol. The third-order valence-corrected chi connectivity index (χ3v) is 4.65. The van der Waals surface area contributed by atoms with Gasteiger partial charge in [-0.15, -0.1) is 5.10 Å². The fourth-order valence-corrected chi connectivity index (χ4v) is 3.30. The Morgan fingerprint density at radius 3 is 2.65 bits per heavy atom. The second-order valence-electron chi connectivity index (χ2n) is 6.02. The van der Waals surface area contributed by atoms with Crippen LogP contribution < -0.4 is 0 Å². The minimum atomic E-state index is 0.691. The van der Waals surface area contributed by atoms with Crippen molar-refractivity contribution in [1.82, 2.24) is 29.4 Å². The molecule has 0 bridgehead atoms. The summed E-state index contributed by atoms with van der Waals surface area (Å²) in [6.45, 7) is 0.721. The number of aromatic nitrogens is 6. The fraction of sp³-hybridized carbons (Fsp3) is 0.0526. The second kappa shape index (κ2) is 6.03. The van der Waals surface area contributed by atoms with Crippen molar-refractivity contribution < 1.29 is 0 Å². The van der Waals surface area contributed by atoms with E-state index in [9.17, 15) is 0 Å². The Bertz CT molecular complexity index is 1220. The van der Waals surface area contributed by atoms with Crippen LogP contribution in [-0.2, 0) is 6.54 Å². The van der Waals surface area contributed by atoms with Crippen LogP contribution >= 0.6 is 15.9 Å². The molecule has 0 radical (unpaired) electrons. The van der Waals surface area contributed by atoms with Crippen molar-refractivity contribution in [2.45, 2.75) is 6.54 Å². The van der Waals surface area contributed by atoms with Gasteiger partial charge in [-0.05, 0) is 33.6 Å². The number of hydrogen-bond acceptors (Lipinski definition) is 4. The number of fused-ring (bicyclic) bond motifs is 3. The summed E-state index contributed by atoms with van der Waals surface area (Å²) in [5.41, 5.74) is 3.87. The van der Waals surface area contributed by atoms with E-state index in [4.69, 9.17) is 4.98 Å². The smallest absolute Gasteiger partial charge is 0.182 e. The highest BCUT2D eigenvalue weighted by Crippen LogP contribution is 2.21. The maximum absolute atomic E-state index is 4.72. The van der Waals surface area contributed by atoms with E-state index in [-0.39, 0.29) is 0 Å². The number of rotatable bonds is 3. The largest absolute Gasteiger partial charge is 0.267 e. The highest BCUT2D eigenvalue weighted by molar-refractivity contribution is 9.10. The van der Waals surface area contributed by atoms with Crippen molar-refractivity contribution in [3.8, 4) is 11.4 Å². The molecule has 0 spiro atoms. The van der Waals surface area contributed by atoms with Crippen LogP contribution in [0.25, 0.3) is 27.9 Å². The summed E-state index contributed by atoms with van der Waals surface area (Å²) in [6, 6.07) is 16.2. The summed E-state index contributed by atoms with van der Waals surface area (Å²) in [5.74, 6) is 0.691. The van der Waals surface area contributed by atoms with E-state index in [0.717, 1.165) is 33.1 Å². The molecule has 0 unspecified atom stereocenters. The highest BCUT2D eigenvalue weighted by atomic mass is 79.9. The Kier molecular flexibility index (Phi) is 3.53. The lowest BCUT2D eigenvalue weighted by atomic mass is 10.1. The minimum absolute atomic E-state index is 0.691. The monoisotopic (exact) mass is 404 g/mol. The first kappa shape index (κ1) is 15.2. The van der Waals surface area contributed by atoms with Gasteiger partial charge in [0.1, 0.15) is 6.33 Å². The molecule has 5 rings (SSSR count). The minimum Gasteiger partial charge on any atom is -0.267 e. The molecule has 0 aliphatic heterocycles. The quantitative estimate of drug-likeness (QED) is 0.456. The summed E-state index contributed by atoms with van der Waals surface area (Å²) in [7, 11) is 0. The number of nitrogens with zero attached hydrogens (tertiary/aromatic N) is 6. The molecule has 26 heavy (non-hydrogen) atoms. The normalized spacial score (nSPS) is 11.4. The summed E-state index contributed by atoms with van der Waals surface area (Å²) in [4.78, 5) is 9.14. The average molecular weight is 405 g/mol. The zero-order valence-electron chi connectivity index (χ0n) is 13.6. The van der Waals surface area contributed by atoms with Crippen LogP contribution in [-0.4, -0.2) is 29.4 Å². The standard InChI is InChI=1S/C19H13BrN6/c20-15-9-22-25(11-15)10-13-5-7-14(8-6-13)18-23-19-16-3-1-2-4-17(16)21-12-26(19)24-18/h1-9,11-12H,10H2.